The lowest BCUT2D eigenvalue weighted by molar-refractivity contribution is -0.161. The molecule has 1 saturated carbocycles. The Morgan fingerprint density at radius 3 is 2.52 bits per heavy atom. The van der Waals surface area contributed by atoms with Crippen LogP contribution < -0.4 is 11.5 Å². The van der Waals surface area contributed by atoms with Gasteiger partial charge in [-0.05, 0) is 56.6 Å². The van der Waals surface area contributed by atoms with Crippen molar-refractivity contribution in [3.63, 3.8) is 0 Å². The number of aromatic nitrogens is 1. The van der Waals surface area contributed by atoms with E-state index in [9.17, 15) is 19.5 Å². The highest BCUT2D eigenvalue weighted by molar-refractivity contribution is 5.94. The van der Waals surface area contributed by atoms with Crippen LogP contribution in [-0.2, 0) is 9.59 Å². The summed E-state index contributed by atoms with van der Waals surface area (Å²) in [5.74, 6) is -2.22. The summed E-state index contributed by atoms with van der Waals surface area (Å²) < 4.78 is 0. The van der Waals surface area contributed by atoms with Gasteiger partial charge in [-0.15, -0.1) is 0 Å². The van der Waals surface area contributed by atoms with E-state index < -0.39 is 17.4 Å². The van der Waals surface area contributed by atoms with Gasteiger partial charge < -0.3 is 21.5 Å². The molecule has 0 bridgehead atoms. The lowest BCUT2D eigenvalue weighted by Gasteiger charge is -2.44. The lowest BCUT2D eigenvalue weighted by atomic mass is 9.69. The summed E-state index contributed by atoms with van der Waals surface area (Å²) in [6, 6.07) is 4.96. The average molecular weight is 399 g/mol. The largest absolute Gasteiger partial charge is 0.479 e. The Hall–Kier alpha value is -2.99. The first-order chi connectivity index (χ1) is 13.8. The number of hydrogen-bond acceptors (Lipinski definition) is 6. The summed E-state index contributed by atoms with van der Waals surface area (Å²) in [6.45, 7) is 0.192. The van der Waals surface area contributed by atoms with Crippen molar-refractivity contribution in [2.45, 2.75) is 50.0 Å². The highest BCUT2D eigenvalue weighted by atomic mass is 16.4. The number of nitrogens with zero attached hydrogens (tertiary/aromatic N) is 3. The number of pyridine rings is 1. The molecule has 2 heterocycles. The van der Waals surface area contributed by atoms with E-state index in [0.717, 1.165) is 0 Å². The van der Waals surface area contributed by atoms with Crippen molar-refractivity contribution < 1.29 is 19.5 Å². The van der Waals surface area contributed by atoms with Crippen LogP contribution in [0.15, 0.2) is 12.1 Å². The molecular weight excluding hydrogens is 374 g/mol. The van der Waals surface area contributed by atoms with Gasteiger partial charge in [-0.1, -0.05) is 0 Å². The average Bonchev–Trinajstić information content (AvgIpc) is 3.19. The van der Waals surface area contributed by atoms with Gasteiger partial charge in [0.05, 0.1) is 17.8 Å². The second kappa shape index (κ2) is 8.17. The predicted molar refractivity (Wildman–Crippen MR) is 103 cm³/mol. The number of nitriles is 1. The third kappa shape index (κ3) is 3.56. The first-order valence-electron chi connectivity index (χ1n) is 9.80. The van der Waals surface area contributed by atoms with Crippen molar-refractivity contribution in [1.29, 1.82) is 5.26 Å². The minimum absolute atomic E-state index is 0.0899. The fourth-order valence-electron chi connectivity index (χ4n) is 5.02. The molecule has 2 amide bonds. The topological polar surface area (TPSA) is 163 Å². The molecule has 1 aliphatic carbocycles. The number of hydrogen-bond donors (Lipinski definition) is 3. The molecule has 29 heavy (non-hydrogen) atoms. The number of aliphatic carboxylic acids is 1. The number of carboxylic acid groups (broad SMARTS) is 1. The van der Waals surface area contributed by atoms with Crippen LogP contribution in [0.2, 0.25) is 0 Å². The number of primary amides is 1. The summed E-state index contributed by atoms with van der Waals surface area (Å²) in [5, 5.41) is 19.2. The van der Waals surface area contributed by atoms with E-state index in [1.807, 2.05) is 6.07 Å². The summed E-state index contributed by atoms with van der Waals surface area (Å²) >= 11 is 0. The van der Waals surface area contributed by atoms with E-state index in [1.54, 1.807) is 0 Å². The van der Waals surface area contributed by atoms with Gasteiger partial charge >= 0.3 is 5.97 Å². The molecule has 2 fully saturated rings. The van der Waals surface area contributed by atoms with Gasteiger partial charge in [0, 0.05) is 12.5 Å². The fourth-order valence-corrected chi connectivity index (χ4v) is 5.02. The van der Waals surface area contributed by atoms with E-state index in [4.69, 9.17) is 16.7 Å². The molecule has 3 rings (SSSR count). The first-order valence-corrected chi connectivity index (χ1v) is 9.80. The van der Waals surface area contributed by atoms with Crippen LogP contribution in [0.25, 0.3) is 0 Å². The molecular formula is C20H25N5O4. The van der Waals surface area contributed by atoms with Crippen LogP contribution in [-0.4, -0.2) is 51.4 Å². The summed E-state index contributed by atoms with van der Waals surface area (Å²) in [7, 11) is 0. The maximum atomic E-state index is 12.3. The molecule has 0 radical (unpaired) electrons. The fraction of sp³-hybridized carbons (Fsp3) is 0.550. The third-order valence-electron chi connectivity index (χ3n) is 6.36. The first kappa shape index (κ1) is 20.7. The molecule has 9 heteroatoms. The minimum atomic E-state index is -1.23. The Labute approximate surface area is 168 Å². The number of carboxylic acids is 1. The number of nitrogens with two attached hydrogens (primary N) is 2. The molecule has 1 aromatic rings. The monoisotopic (exact) mass is 399 g/mol. The summed E-state index contributed by atoms with van der Waals surface area (Å²) in [5.41, 5.74) is 10.8. The number of rotatable bonds is 5. The van der Waals surface area contributed by atoms with Crippen LogP contribution in [0.3, 0.4) is 0 Å². The third-order valence-corrected chi connectivity index (χ3v) is 6.36. The Morgan fingerprint density at radius 2 is 1.97 bits per heavy atom. The number of carbonyl (C=O) groups excluding carboxylic acids is 2. The molecule has 0 spiro atoms. The van der Waals surface area contributed by atoms with Crippen molar-refractivity contribution >= 4 is 17.8 Å². The van der Waals surface area contributed by atoms with Gasteiger partial charge in [-0.25, -0.2) is 9.78 Å². The van der Waals surface area contributed by atoms with Gasteiger partial charge in [0.1, 0.15) is 17.3 Å². The normalized spacial score (nSPS) is 26.7. The molecule has 1 saturated heterocycles. The maximum absolute atomic E-state index is 12.3. The van der Waals surface area contributed by atoms with E-state index in [1.165, 1.54) is 17.0 Å². The minimum Gasteiger partial charge on any atom is -0.479 e. The van der Waals surface area contributed by atoms with E-state index in [0.29, 0.717) is 56.3 Å². The highest BCUT2D eigenvalue weighted by Gasteiger charge is 2.55. The van der Waals surface area contributed by atoms with Crippen LogP contribution in [0, 0.1) is 17.2 Å². The predicted octanol–water partition coefficient (Wildman–Crippen LogP) is 0.730. The van der Waals surface area contributed by atoms with Crippen molar-refractivity contribution in [1.82, 2.24) is 9.88 Å². The Bertz CT molecular complexity index is 872. The maximum Gasteiger partial charge on any atom is 0.329 e. The number of amides is 2. The molecule has 154 valence electrons. The smallest absolute Gasteiger partial charge is 0.329 e. The molecule has 2 aliphatic rings. The number of likely N-dealkylation sites (tertiary alicyclic amines) is 1. The Balaban J connectivity index is 1.85. The lowest BCUT2D eigenvalue weighted by Crippen LogP contribution is -2.59. The molecule has 0 unspecified atom stereocenters. The quantitative estimate of drug-likeness (QED) is 0.657. The SMILES string of the molecule is N#Cc1ccc(C(N)=O)c(C2CCC([C@@]3(C(=O)O)CCCN3C(=O)CN)CC2)n1. The Kier molecular flexibility index (Phi) is 5.84. The second-order valence-electron chi connectivity index (χ2n) is 7.74. The standard InChI is InChI=1S/C20H25N5O4/c21-10-14-6-7-15(18(23)27)17(24-14)12-2-4-13(5-3-12)20(19(28)29)8-1-9-25(20)16(26)11-22/h6-7,12-13H,1-5,8-9,11,22H2,(H2,23,27)(H,28,29)/t12?,13?,20-/m1/s1. The van der Waals surface area contributed by atoms with Gasteiger partial charge in [-0.3, -0.25) is 9.59 Å². The van der Waals surface area contributed by atoms with Gasteiger partial charge in [-0.2, -0.15) is 5.26 Å². The summed E-state index contributed by atoms with van der Waals surface area (Å²) in [4.78, 5) is 42.1. The highest BCUT2D eigenvalue weighted by Crippen LogP contribution is 2.46. The van der Waals surface area contributed by atoms with Crippen molar-refractivity contribution in [2.75, 3.05) is 13.1 Å². The molecule has 1 aromatic heterocycles. The Morgan fingerprint density at radius 1 is 1.28 bits per heavy atom. The van der Waals surface area contributed by atoms with Crippen molar-refractivity contribution in [3.05, 3.63) is 29.1 Å². The molecule has 1 atom stereocenters. The molecule has 0 aromatic carbocycles. The molecule has 5 N–H and O–H groups in total. The van der Waals surface area contributed by atoms with Crippen molar-refractivity contribution in [2.24, 2.45) is 17.4 Å². The van der Waals surface area contributed by atoms with E-state index in [-0.39, 0.29) is 30.0 Å². The van der Waals surface area contributed by atoms with Crippen molar-refractivity contribution in [3.8, 4) is 6.07 Å². The molecule has 9 nitrogen and oxygen atoms in total. The second-order valence-corrected chi connectivity index (χ2v) is 7.74. The summed E-state index contributed by atoms with van der Waals surface area (Å²) in [6.07, 6.45) is 3.40. The van der Waals surface area contributed by atoms with Crippen LogP contribution in [0.4, 0.5) is 0 Å². The molecule has 1 aliphatic heterocycles. The van der Waals surface area contributed by atoms with Crippen LogP contribution in [0.5, 0.6) is 0 Å². The van der Waals surface area contributed by atoms with Crippen LogP contribution in [0.1, 0.15) is 66.2 Å². The number of carbonyl (C=O) groups is 3. The van der Waals surface area contributed by atoms with Crippen LogP contribution >= 0.6 is 0 Å². The van der Waals surface area contributed by atoms with E-state index >= 15 is 0 Å². The zero-order valence-corrected chi connectivity index (χ0v) is 16.1. The zero-order valence-electron chi connectivity index (χ0n) is 16.1. The van der Waals surface area contributed by atoms with Gasteiger partial charge in [0.15, 0.2) is 0 Å². The van der Waals surface area contributed by atoms with Gasteiger partial charge in [0.2, 0.25) is 5.91 Å². The van der Waals surface area contributed by atoms with E-state index in [2.05, 4.69) is 4.98 Å². The van der Waals surface area contributed by atoms with Gasteiger partial charge in [0.25, 0.3) is 5.91 Å². The zero-order chi connectivity index (χ0) is 21.2.